The van der Waals surface area contributed by atoms with Crippen LogP contribution in [-0.2, 0) is 14.4 Å². The van der Waals surface area contributed by atoms with Crippen molar-refractivity contribution in [1.82, 2.24) is 5.01 Å². The highest BCUT2D eigenvalue weighted by Gasteiger charge is 2.64. The number of rotatable bonds is 3. The zero-order valence-corrected chi connectivity index (χ0v) is 16.2. The van der Waals surface area contributed by atoms with Gasteiger partial charge < -0.3 is 0 Å². The normalized spacial score (nSPS) is 28.0. The Bertz CT molecular complexity index is 993. The summed E-state index contributed by atoms with van der Waals surface area (Å²) in [5, 5.41) is 16.9. The van der Waals surface area contributed by atoms with Crippen LogP contribution in [0.4, 0.5) is 11.4 Å². The lowest BCUT2D eigenvalue weighted by molar-refractivity contribution is -0.384. The van der Waals surface area contributed by atoms with Crippen molar-refractivity contribution in [2.75, 3.05) is 4.90 Å². The SMILES string of the molecule is CC(C)(C)C(=O)[C@H]1[C@H]2C(=O)N(c3cccc([N+](=O)[O-])c3)C(=O)[C@@H]2[C@H]2C=CC=NN21. The fraction of sp³-hybridized carbons (Fsp3) is 0.400. The molecule has 0 radical (unpaired) electrons. The number of benzene rings is 1. The Labute approximate surface area is 166 Å². The van der Waals surface area contributed by atoms with Crippen LogP contribution in [0.3, 0.4) is 0 Å². The number of allylic oxidation sites excluding steroid dienone is 1. The minimum Gasteiger partial charge on any atom is -0.297 e. The van der Waals surface area contributed by atoms with Gasteiger partial charge in [-0.25, -0.2) is 4.90 Å². The molecule has 0 aromatic heterocycles. The molecule has 1 aromatic rings. The molecule has 0 spiro atoms. The molecule has 150 valence electrons. The average Bonchev–Trinajstić information content (AvgIpc) is 3.13. The van der Waals surface area contributed by atoms with E-state index in [2.05, 4.69) is 5.10 Å². The van der Waals surface area contributed by atoms with Gasteiger partial charge in [0.15, 0.2) is 5.78 Å². The highest BCUT2D eigenvalue weighted by atomic mass is 16.6. The van der Waals surface area contributed by atoms with Gasteiger partial charge in [-0.05, 0) is 12.1 Å². The Morgan fingerprint density at radius 1 is 1.17 bits per heavy atom. The van der Waals surface area contributed by atoms with E-state index >= 15 is 0 Å². The van der Waals surface area contributed by atoms with Gasteiger partial charge in [0.1, 0.15) is 6.04 Å². The maximum absolute atomic E-state index is 13.3. The van der Waals surface area contributed by atoms with E-state index in [-0.39, 0.29) is 17.2 Å². The summed E-state index contributed by atoms with van der Waals surface area (Å²) in [7, 11) is 0. The fourth-order valence-electron chi connectivity index (χ4n) is 4.28. The third-order valence-electron chi connectivity index (χ3n) is 5.60. The number of nitrogens with zero attached hydrogens (tertiary/aromatic N) is 4. The number of ketones is 1. The van der Waals surface area contributed by atoms with Gasteiger partial charge >= 0.3 is 0 Å². The van der Waals surface area contributed by atoms with Crippen molar-refractivity contribution in [3.63, 3.8) is 0 Å². The smallest absolute Gasteiger partial charge is 0.271 e. The van der Waals surface area contributed by atoms with Crippen LogP contribution in [0, 0.1) is 27.4 Å². The predicted molar refractivity (Wildman–Crippen MR) is 104 cm³/mol. The number of carbonyl (C=O) groups is 3. The molecule has 2 saturated heterocycles. The van der Waals surface area contributed by atoms with Crippen molar-refractivity contribution >= 4 is 35.2 Å². The molecule has 0 N–H and O–H groups in total. The summed E-state index contributed by atoms with van der Waals surface area (Å²) >= 11 is 0. The number of hydrogen-bond donors (Lipinski definition) is 0. The van der Waals surface area contributed by atoms with Crippen LogP contribution in [0.2, 0.25) is 0 Å². The number of non-ortho nitro benzene ring substituents is 1. The van der Waals surface area contributed by atoms with Crippen molar-refractivity contribution in [2.45, 2.75) is 32.9 Å². The van der Waals surface area contributed by atoms with Gasteiger partial charge in [0, 0.05) is 23.8 Å². The van der Waals surface area contributed by atoms with E-state index in [9.17, 15) is 24.5 Å². The number of hydrazone groups is 1. The quantitative estimate of drug-likeness (QED) is 0.438. The van der Waals surface area contributed by atoms with Gasteiger partial charge in [0.05, 0.1) is 28.5 Å². The number of imide groups is 1. The van der Waals surface area contributed by atoms with Crippen molar-refractivity contribution in [1.29, 1.82) is 0 Å². The second kappa shape index (κ2) is 6.33. The fourth-order valence-corrected chi connectivity index (χ4v) is 4.28. The van der Waals surface area contributed by atoms with Crippen molar-refractivity contribution in [3.05, 3.63) is 46.5 Å². The summed E-state index contributed by atoms with van der Waals surface area (Å²) < 4.78 is 0. The number of Topliss-reactive ketones (excluding diaryl/α,β-unsaturated/α-hetero) is 1. The molecule has 0 unspecified atom stereocenters. The van der Waals surface area contributed by atoms with Crippen LogP contribution in [0.25, 0.3) is 0 Å². The monoisotopic (exact) mass is 396 g/mol. The van der Waals surface area contributed by atoms with E-state index in [1.54, 1.807) is 37.9 Å². The molecule has 0 bridgehead atoms. The lowest BCUT2D eigenvalue weighted by atomic mass is 9.80. The predicted octanol–water partition coefficient (Wildman–Crippen LogP) is 1.92. The number of nitro benzene ring substituents is 1. The summed E-state index contributed by atoms with van der Waals surface area (Å²) in [6.07, 6.45) is 4.99. The minimum atomic E-state index is -0.890. The van der Waals surface area contributed by atoms with Gasteiger partial charge in [-0.15, -0.1) is 0 Å². The molecule has 1 aromatic carbocycles. The molecule has 4 rings (SSSR count). The van der Waals surface area contributed by atoms with E-state index in [0.717, 1.165) is 4.90 Å². The second-order valence-electron chi connectivity index (χ2n) is 8.42. The van der Waals surface area contributed by atoms with Crippen molar-refractivity contribution < 1.29 is 19.3 Å². The Morgan fingerprint density at radius 3 is 2.52 bits per heavy atom. The largest absolute Gasteiger partial charge is 0.297 e. The topological polar surface area (TPSA) is 113 Å². The third kappa shape index (κ3) is 2.76. The summed E-state index contributed by atoms with van der Waals surface area (Å²) in [5.41, 5.74) is -0.810. The lowest BCUT2D eigenvalue weighted by Gasteiger charge is -2.33. The zero-order valence-electron chi connectivity index (χ0n) is 16.2. The van der Waals surface area contributed by atoms with Gasteiger partial charge in [-0.2, -0.15) is 5.10 Å². The van der Waals surface area contributed by atoms with E-state index < -0.39 is 46.1 Å². The number of hydrogen-bond acceptors (Lipinski definition) is 7. The number of nitro groups is 1. The van der Waals surface area contributed by atoms with E-state index in [1.807, 2.05) is 0 Å². The first-order valence-corrected chi connectivity index (χ1v) is 9.28. The minimum absolute atomic E-state index is 0.139. The average molecular weight is 396 g/mol. The van der Waals surface area contributed by atoms with E-state index in [0.29, 0.717) is 0 Å². The molecule has 29 heavy (non-hydrogen) atoms. The first-order chi connectivity index (χ1) is 13.6. The summed E-state index contributed by atoms with van der Waals surface area (Å²) in [4.78, 5) is 51.3. The summed E-state index contributed by atoms with van der Waals surface area (Å²) in [5.74, 6) is -2.84. The Kier molecular flexibility index (Phi) is 4.14. The first kappa shape index (κ1) is 19.0. The molecule has 3 heterocycles. The zero-order chi connectivity index (χ0) is 21.1. The molecule has 3 aliphatic heterocycles. The van der Waals surface area contributed by atoms with Crippen molar-refractivity contribution in [2.24, 2.45) is 22.4 Å². The van der Waals surface area contributed by atoms with Crippen LogP contribution in [0.5, 0.6) is 0 Å². The highest BCUT2D eigenvalue weighted by Crippen LogP contribution is 2.47. The first-order valence-electron chi connectivity index (χ1n) is 9.28. The summed E-state index contributed by atoms with van der Waals surface area (Å²) in [6, 6.07) is 4.02. The Hall–Kier alpha value is -3.36. The van der Waals surface area contributed by atoms with Crippen LogP contribution < -0.4 is 4.90 Å². The molecule has 3 aliphatic rings. The maximum Gasteiger partial charge on any atom is 0.271 e. The maximum atomic E-state index is 13.3. The van der Waals surface area contributed by atoms with Crippen LogP contribution in [0.1, 0.15) is 20.8 Å². The van der Waals surface area contributed by atoms with Gasteiger partial charge in [0.25, 0.3) is 5.69 Å². The van der Waals surface area contributed by atoms with Gasteiger partial charge in [-0.3, -0.25) is 29.5 Å². The number of carbonyl (C=O) groups excluding carboxylic acids is 3. The molecular weight excluding hydrogens is 376 g/mol. The summed E-state index contributed by atoms with van der Waals surface area (Å²) in [6.45, 7) is 5.29. The van der Waals surface area contributed by atoms with E-state index in [1.165, 1.54) is 30.5 Å². The van der Waals surface area contributed by atoms with Crippen LogP contribution in [0.15, 0.2) is 41.5 Å². The highest BCUT2D eigenvalue weighted by molar-refractivity contribution is 6.24. The molecule has 2 amide bonds. The molecule has 0 saturated carbocycles. The Morgan fingerprint density at radius 2 is 1.86 bits per heavy atom. The van der Waals surface area contributed by atoms with Crippen molar-refractivity contribution in [3.8, 4) is 0 Å². The number of amides is 2. The Balaban J connectivity index is 1.79. The molecule has 0 aliphatic carbocycles. The van der Waals surface area contributed by atoms with Crippen LogP contribution >= 0.6 is 0 Å². The lowest BCUT2D eigenvalue weighted by Crippen LogP contribution is -2.49. The molecule has 9 heteroatoms. The molecule has 9 nitrogen and oxygen atoms in total. The van der Waals surface area contributed by atoms with E-state index in [4.69, 9.17) is 0 Å². The third-order valence-corrected chi connectivity index (χ3v) is 5.60. The van der Waals surface area contributed by atoms with Gasteiger partial charge in [0.2, 0.25) is 11.8 Å². The molecular formula is C20H20N4O5. The number of anilines is 1. The molecule has 2 fully saturated rings. The van der Waals surface area contributed by atoms with Gasteiger partial charge in [-0.1, -0.05) is 32.9 Å². The standard InChI is InChI=1S/C20H20N4O5/c1-20(2,3)17(25)16-15-14(13-8-5-9-21-23(13)16)18(26)22(19(15)27)11-6-4-7-12(10-11)24(28)29/h4-10,13-16H,1-3H3/t13-,14-,15+,16-/m1/s1. The number of fused-ring (bicyclic) bond motifs is 3. The molecule has 4 atom stereocenters. The van der Waals surface area contributed by atoms with Crippen LogP contribution in [-0.4, -0.2) is 45.8 Å². The second-order valence-corrected chi connectivity index (χ2v) is 8.42.